The quantitative estimate of drug-likeness (QED) is 0.796. The third-order valence-corrected chi connectivity index (χ3v) is 4.26. The van der Waals surface area contributed by atoms with Crippen LogP contribution in [0.1, 0.15) is 34.8 Å². The minimum atomic E-state index is -0.874. The number of carboxylic acids is 1. The lowest BCUT2D eigenvalue weighted by atomic mass is 9.88. The van der Waals surface area contributed by atoms with Crippen molar-refractivity contribution in [3.05, 3.63) is 33.9 Å². The third kappa shape index (κ3) is 2.28. The molecule has 19 heavy (non-hydrogen) atoms. The summed E-state index contributed by atoms with van der Waals surface area (Å²) in [5, 5.41) is 13.8. The summed E-state index contributed by atoms with van der Waals surface area (Å²) in [7, 11) is 0. The zero-order valence-electron chi connectivity index (χ0n) is 10.4. The number of hydrogen-bond acceptors (Lipinski definition) is 2. The van der Waals surface area contributed by atoms with Crippen LogP contribution in [-0.2, 0) is 0 Å². The largest absolute Gasteiger partial charge is 0.477 e. The predicted octanol–water partition coefficient (Wildman–Crippen LogP) is 3.10. The monoisotopic (exact) mass is 322 g/mol. The Morgan fingerprint density at radius 3 is 2.74 bits per heavy atom. The normalized spacial score (nSPS) is 16.9. The van der Waals surface area contributed by atoms with Crippen molar-refractivity contribution in [2.45, 2.75) is 18.8 Å². The first-order valence-corrected chi connectivity index (χ1v) is 7.21. The number of aromatic carboxylic acids is 1. The number of carbonyl (C=O) groups is 1. The van der Waals surface area contributed by atoms with E-state index in [0.717, 1.165) is 46.9 Å². The highest BCUT2D eigenvalue weighted by atomic mass is 79.9. The van der Waals surface area contributed by atoms with E-state index in [2.05, 4.69) is 26.2 Å². The van der Waals surface area contributed by atoms with E-state index >= 15 is 0 Å². The lowest BCUT2D eigenvalue weighted by Gasteiger charge is -2.23. The number of aromatic amines is 1. The van der Waals surface area contributed by atoms with Crippen LogP contribution < -0.4 is 5.32 Å². The van der Waals surface area contributed by atoms with E-state index in [-0.39, 0.29) is 0 Å². The molecule has 0 amide bonds. The summed E-state index contributed by atoms with van der Waals surface area (Å²) in [6.45, 7) is 1.90. The smallest absolute Gasteiger partial charge is 0.352 e. The molecule has 1 aromatic heterocycles. The highest BCUT2D eigenvalue weighted by molar-refractivity contribution is 9.10. The third-order valence-electron chi connectivity index (χ3n) is 3.76. The Balaban J connectivity index is 2.20. The number of piperidine rings is 1. The number of carboxylic acid groups (broad SMARTS) is 1. The fraction of sp³-hybridized carbons (Fsp3) is 0.357. The van der Waals surface area contributed by atoms with Gasteiger partial charge < -0.3 is 15.4 Å². The molecule has 4 nitrogen and oxygen atoms in total. The summed E-state index contributed by atoms with van der Waals surface area (Å²) >= 11 is 3.46. The van der Waals surface area contributed by atoms with Gasteiger partial charge in [-0.3, -0.25) is 0 Å². The number of fused-ring (bicyclic) bond motifs is 1. The number of halogens is 1. The summed E-state index contributed by atoms with van der Waals surface area (Å²) in [5.41, 5.74) is 2.21. The second-order valence-electron chi connectivity index (χ2n) is 4.93. The zero-order chi connectivity index (χ0) is 13.4. The first kappa shape index (κ1) is 12.7. The molecule has 2 aromatic rings. The standard InChI is InChI=1S/C14H15BrN2O2/c15-9-1-2-11-10(7-9)12(13(17-11)14(18)19)8-3-5-16-6-4-8/h1-2,7-8,16-17H,3-6H2,(H,18,19). The van der Waals surface area contributed by atoms with Crippen molar-refractivity contribution in [3.63, 3.8) is 0 Å². The molecule has 1 saturated heterocycles. The summed E-state index contributed by atoms with van der Waals surface area (Å²) in [4.78, 5) is 14.5. The highest BCUT2D eigenvalue weighted by Gasteiger charge is 2.25. The molecular weight excluding hydrogens is 308 g/mol. The van der Waals surface area contributed by atoms with Gasteiger partial charge in [0, 0.05) is 15.4 Å². The average molecular weight is 323 g/mol. The summed E-state index contributed by atoms with van der Waals surface area (Å²) < 4.78 is 0.978. The molecule has 0 spiro atoms. The predicted molar refractivity (Wildman–Crippen MR) is 77.8 cm³/mol. The summed E-state index contributed by atoms with van der Waals surface area (Å²) in [5.74, 6) is -0.559. The topological polar surface area (TPSA) is 65.1 Å². The van der Waals surface area contributed by atoms with Gasteiger partial charge in [0.05, 0.1) is 0 Å². The van der Waals surface area contributed by atoms with Crippen molar-refractivity contribution in [3.8, 4) is 0 Å². The van der Waals surface area contributed by atoms with Crippen LogP contribution in [0.5, 0.6) is 0 Å². The lowest BCUT2D eigenvalue weighted by molar-refractivity contribution is 0.0689. The number of hydrogen-bond donors (Lipinski definition) is 3. The van der Waals surface area contributed by atoms with Crippen molar-refractivity contribution in [1.29, 1.82) is 0 Å². The molecule has 0 atom stereocenters. The van der Waals surface area contributed by atoms with Crippen LogP contribution in [-0.4, -0.2) is 29.1 Å². The number of benzene rings is 1. The number of nitrogens with one attached hydrogen (secondary N) is 2. The van der Waals surface area contributed by atoms with Crippen LogP contribution in [0.2, 0.25) is 0 Å². The van der Waals surface area contributed by atoms with Gasteiger partial charge in [-0.1, -0.05) is 15.9 Å². The maximum absolute atomic E-state index is 11.5. The summed E-state index contributed by atoms with van der Waals surface area (Å²) in [6, 6.07) is 5.86. The van der Waals surface area contributed by atoms with E-state index in [1.807, 2.05) is 18.2 Å². The van der Waals surface area contributed by atoms with Gasteiger partial charge in [-0.25, -0.2) is 4.79 Å². The maximum Gasteiger partial charge on any atom is 0.352 e. The minimum Gasteiger partial charge on any atom is -0.477 e. The molecule has 1 aliphatic rings. The molecule has 1 aliphatic heterocycles. The Kier molecular flexibility index (Phi) is 3.33. The molecule has 5 heteroatoms. The van der Waals surface area contributed by atoms with E-state index in [9.17, 15) is 9.90 Å². The van der Waals surface area contributed by atoms with Crippen molar-refractivity contribution in [1.82, 2.24) is 10.3 Å². The van der Waals surface area contributed by atoms with Gasteiger partial charge in [0.1, 0.15) is 5.69 Å². The van der Waals surface area contributed by atoms with Crippen molar-refractivity contribution >= 4 is 32.8 Å². The molecule has 1 fully saturated rings. The van der Waals surface area contributed by atoms with Crippen LogP contribution in [0, 0.1) is 0 Å². The molecule has 100 valence electrons. The van der Waals surface area contributed by atoms with Crippen LogP contribution in [0.25, 0.3) is 10.9 Å². The molecule has 2 heterocycles. The van der Waals surface area contributed by atoms with E-state index in [1.165, 1.54) is 0 Å². The second-order valence-corrected chi connectivity index (χ2v) is 5.85. The molecule has 3 rings (SSSR count). The first-order valence-electron chi connectivity index (χ1n) is 6.42. The van der Waals surface area contributed by atoms with Crippen LogP contribution in [0.3, 0.4) is 0 Å². The van der Waals surface area contributed by atoms with Crippen LogP contribution in [0.4, 0.5) is 0 Å². The molecule has 0 bridgehead atoms. The molecule has 0 aliphatic carbocycles. The fourth-order valence-corrected chi connectivity index (χ4v) is 3.25. The van der Waals surface area contributed by atoms with Crippen molar-refractivity contribution in [2.24, 2.45) is 0 Å². The van der Waals surface area contributed by atoms with Gasteiger partial charge in [0.25, 0.3) is 0 Å². The molecular formula is C14H15BrN2O2. The van der Waals surface area contributed by atoms with Gasteiger partial charge in [-0.2, -0.15) is 0 Å². The fourth-order valence-electron chi connectivity index (χ4n) is 2.89. The van der Waals surface area contributed by atoms with Gasteiger partial charge >= 0.3 is 5.97 Å². The van der Waals surface area contributed by atoms with Crippen LogP contribution in [0.15, 0.2) is 22.7 Å². The van der Waals surface area contributed by atoms with E-state index in [4.69, 9.17) is 0 Å². The van der Waals surface area contributed by atoms with Gasteiger partial charge in [-0.15, -0.1) is 0 Å². The highest BCUT2D eigenvalue weighted by Crippen LogP contribution is 2.35. The Morgan fingerprint density at radius 2 is 2.05 bits per heavy atom. The Bertz CT molecular complexity index is 630. The van der Waals surface area contributed by atoms with Crippen LogP contribution >= 0.6 is 15.9 Å². The van der Waals surface area contributed by atoms with E-state index in [1.54, 1.807) is 0 Å². The van der Waals surface area contributed by atoms with Crippen molar-refractivity contribution < 1.29 is 9.90 Å². The minimum absolute atomic E-state index is 0.315. The molecule has 0 unspecified atom stereocenters. The Labute approximate surface area is 119 Å². The lowest BCUT2D eigenvalue weighted by Crippen LogP contribution is -2.27. The molecule has 1 aromatic carbocycles. The molecule has 3 N–H and O–H groups in total. The van der Waals surface area contributed by atoms with E-state index in [0.29, 0.717) is 11.6 Å². The SMILES string of the molecule is O=C(O)c1[nH]c2ccc(Br)cc2c1C1CCNCC1. The Morgan fingerprint density at radius 1 is 1.32 bits per heavy atom. The molecule has 0 saturated carbocycles. The Hall–Kier alpha value is -1.33. The van der Waals surface area contributed by atoms with E-state index < -0.39 is 5.97 Å². The second kappa shape index (κ2) is 4.98. The maximum atomic E-state index is 11.5. The number of aromatic nitrogens is 1. The van der Waals surface area contributed by atoms with Crippen molar-refractivity contribution in [2.75, 3.05) is 13.1 Å². The molecule has 0 radical (unpaired) electrons. The van der Waals surface area contributed by atoms with Gasteiger partial charge in [0.2, 0.25) is 0 Å². The average Bonchev–Trinajstić information content (AvgIpc) is 2.78. The summed E-state index contributed by atoms with van der Waals surface area (Å²) in [6.07, 6.45) is 1.97. The van der Waals surface area contributed by atoms with Gasteiger partial charge in [-0.05, 0) is 55.6 Å². The number of rotatable bonds is 2. The first-order chi connectivity index (χ1) is 9.16. The number of H-pyrrole nitrogens is 1. The van der Waals surface area contributed by atoms with Gasteiger partial charge in [0.15, 0.2) is 0 Å². The zero-order valence-corrected chi connectivity index (χ0v) is 12.0.